The van der Waals surface area contributed by atoms with Crippen LogP contribution >= 0.6 is 0 Å². The van der Waals surface area contributed by atoms with Crippen LogP contribution in [0.2, 0.25) is 0 Å². The second kappa shape index (κ2) is 9.07. The lowest BCUT2D eigenvalue weighted by Crippen LogP contribution is -2.15. The Morgan fingerprint density at radius 3 is 2.20 bits per heavy atom. The van der Waals surface area contributed by atoms with Crippen molar-refractivity contribution in [2.75, 3.05) is 6.93 Å². The molecule has 3 nitrogen and oxygen atoms in total. The van der Waals surface area contributed by atoms with Crippen LogP contribution in [0.15, 0.2) is 36.5 Å². The number of halogens is 6. The standard InChI is InChI=1S/C20H21F4N3.CH2F2/c1-19(2,3)11-27-10-12(9-25)14-6-7-17(26-18(14)27)15-5-4-13(21)8-16(15)20(22,23)24;2-1-3/h4-8,10H,9,11,25H2,1-3H3;1H2. The summed E-state index contributed by atoms with van der Waals surface area (Å²) in [6, 6.07) is 5.87. The number of alkyl halides is 5. The normalized spacial score (nSPS) is 12.1. The summed E-state index contributed by atoms with van der Waals surface area (Å²) in [6.07, 6.45) is -2.79. The largest absolute Gasteiger partial charge is 0.417 e. The molecule has 0 aliphatic heterocycles. The summed E-state index contributed by atoms with van der Waals surface area (Å²) in [4.78, 5) is 4.49. The first kappa shape index (κ1) is 23.7. The van der Waals surface area contributed by atoms with E-state index in [-0.39, 0.29) is 16.7 Å². The minimum absolute atomic E-state index is 0.0531. The number of hydrogen-bond acceptors (Lipinski definition) is 2. The molecule has 3 rings (SSSR count). The van der Waals surface area contributed by atoms with Crippen LogP contribution < -0.4 is 5.73 Å². The van der Waals surface area contributed by atoms with E-state index in [9.17, 15) is 26.3 Å². The Balaban J connectivity index is 0.00000101. The maximum atomic E-state index is 13.4. The number of pyridine rings is 1. The van der Waals surface area contributed by atoms with E-state index in [1.807, 2.05) is 10.8 Å². The Labute approximate surface area is 170 Å². The summed E-state index contributed by atoms with van der Waals surface area (Å²) in [7, 11) is 0. The number of nitrogens with zero attached hydrogens (tertiary/aromatic N) is 2. The van der Waals surface area contributed by atoms with Crippen LogP contribution in [0.3, 0.4) is 0 Å². The average Bonchev–Trinajstić information content (AvgIpc) is 2.97. The molecule has 0 amide bonds. The molecule has 164 valence electrons. The molecule has 0 saturated carbocycles. The van der Waals surface area contributed by atoms with E-state index < -0.39 is 24.5 Å². The summed E-state index contributed by atoms with van der Waals surface area (Å²) < 4.78 is 74.7. The molecule has 0 bridgehead atoms. The Morgan fingerprint density at radius 1 is 1.03 bits per heavy atom. The van der Waals surface area contributed by atoms with Crippen LogP contribution in [0.25, 0.3) is 22.3 Å². The van der Waals surface area contributed by atoms with Gasteiger partial charge in [0.05, 0.1) is 11.3 Å². The SMILES string of the molecule is CC(C)(C)Cn1cc(CN)c2ccc(-c3ccc(F)cc3C(F)(F)F)nc21.FCF. The van der Waals surface area contributed by atoms with Gasteiger partial charge in [-0.2, -0.15) is 13.2 Å². The molecule has 0 fully saturated rings. The van der Waals surface area contributed by atoms with Crippen LogP contribution in [-0.4, -0.2) is 16.5 Å². The van der Waals surface area contributed by atoms with Gasteiger partial charge in [-0.05, 0) is 41.3 Å². The lowest BCUT2D eigenvalue weighted by molar-refractivity contribution is -0.137. The van der Waals surface area contributed by atoms with Crippen molar-refractivity contribution in [1.29, 1.82) is 0 Å². The summed E-state index contributed by atoms with van der Waals surface area (Å²) in [5.41, 5.74) is 6.16. The van der Waals surface area contributed by atoms with Crippen molar-refractivity contribution >= 4 is 11.0 Å². The molecular formula is C21H23F6N3. The molecule has 30 heavy (non-hydrogen) atoms. The molecule has 9 heteroatoms. The van der Waals surface area contributed by atoms with Crippen molar-refractivity contribution in [3.8, 4) is 11.3 Å². The van der Waals surface area contributed by atoms with Crippen molar-refractivity contribution in [1.82, 2.24) is 9.55 Å². The first-order valence-electron chi connectivity index (χ1n) is 9.09. The predicted octanol–water partition coefficient (Wildman–Crippen LogP) is 6.25. The highest BCUT2D eigenvalue weighted by molar-refractivity contribution is 5.83. The lowest BCUT2D eigenvalue weighted by atomic mass is 9.97. The number of rotatable bonds is 3. The van der Waals surface area contributed by atoms with E-state index in [2.05, 4.69) is 25.8 Å². The number of nitrogens with two attached hydrogens (primary N) is 1. The Bertz CT molecular complexity index is 1000. The number of benzene rings is 1. The van der Waals surface area contributed by atoms with E-state index in [1.165, 1.54) is 6.07 Å². The molecule has 0 saturated heterocycles. The second-order valence-electron chi connectivity index (χ2n) is 7.90. The number of hydrogen-bond donors (Lipinski definition) is 1. The molecule has 0 atom stereocenters. The van der Waals surface area contributed by atoms with Gasteiger partial charge in [-0.1, -0.05) is 20.8 Å². The zero-order valence-corrected chi connectivity index (χ0v) is 16.8. The monoisotopic (exact) mass is 431 g/mol. The van der Waals surface area contributed by atoms with Gasteiger partial charge in [-0.3, -0.25) is 0 Å². The summed E-state index contributed by atoms with van der Waals surface area (Å²) >= 11 is 0. The van der Waals surface area contributed by atoms with Gasteiger partial charge < -0.3 is 10.3 Å². The third-order valence-corrected chi connectivity index (χ3v) is 4.23. The fraction of sp³-hybridized carbons (Fsp3) is 0.381. The maximum Gasteiger partial charge on any atom is 0.417 e. The predicted molar refractivity (Wildman–Crippen MR) is 105 cm³/mol. The number of fused-ring (bicyclic) bond motifs is 1. The third kappa shape index (κ3) is 5.53. The van der Waals surface area contributed by atoms with Gasteiger partial charge in [0, 0.05) is 30.2 Å². The Kier molecular flexibility index (Phi) is 7.18. The minimum atomic E-state index is -4.68. The fourth-order valence-electron chi connectivity index (χ4n) is 3.16. The lowest BCUT2D eigenvalue weighted by Gasteiger charge is -2.19. The van der Waals surface area contributed by atoms with Gasteiger partial charge in [-0.25, -0.2) is 18.2 Å². The molecule has 1 aromatic carbocycles. The zero-order valence-electron chi connectivity index (χ0n) is 16.8. The van der Waals surface area contributed by atoms with Crippen LogP contribution in [0.1, 0.15) is 31.9 Å². The van der Waals surface area contributed by atoms with Crippen molar-refractivity contribution in [2.45, 2.75) is 40.0 Å². The van der Waals surface area contributed by atoms with E-state index >= 15 is 0 Å². The van der Waals surface area contributed by atoms with Crippen molar-refractivity contribution in [3.05, 3.63) is 53.5 Å². The summed E-state index contributed by atoms with van der Waals surface area (Å²) in [6.45, 7) is 5.38. The quantitative estimate of drug-likeness (QED) is 0.498. The van der Waals surface area contributed by atoms with Gasteiger partial charge in [0.25, 0.3) is 0 Å². The topological polar surface area (TPSA) is 43.8 Å². The van der Waals surface area contributed by atoms with Gasteiger partial charge in [0.2, 0.25) is 6.93 Å². The van der Waals surface area contributed by atoms with E-state index in [1.54, 1.807) is 6.07 Å². The molecule has 2 heterocycles. The first-order chi connectivity index (χ1) is 13.9. The molecular weight excluding hydrogens is 408 g/mol. The van der Waals surface area contributed by atoms with Gasteiger partial charge in [0.15, 0.2) is 0 Å². The van der Waals surface area contributed by atoms with E-state index in [0.29, 0.717) is 24.8 Å². The molecule has 0 unspecified atom stereocenters. The highest BCUT2D eigenvalue weighted by Crippen LogP contribution is 2.37. The van der Waals surface area contributed by atoms with Crippen LogP contribution in [-0.2, 0) is 19.3 Å². The molecule has 0 radical (unpaired) electrons. The summed E-state index contributed by atoms with van der Waals surface area (Å²) in [5.74, 6) is -0.936. The number of aromatic nitrogens is 2. The van der Waals surface area contributed by atoms with Crippen molar-refractivity contribution < 1.29 is 26.3 Å². The minimum Gasteiger partial charge on any atom is -0.332 e. The molecule has 2 aromatic heterocycles. The third-order valence-electron chi connectivity index (χ3n) is 4.23. The van der Waals surface area contributed by atoms with E-state index in [0.717, 1.165) is 23.1 Å². The van der Waals surface area contributed by atoms with Gasteiger partial charge in [-0.15, -0.1) is 0 Å². The van der Waals surface area contributed by atoms with Gasteiger partial charge in [0.1, 0.15) is 11.5 Å². The molecule has 0 aliphatic rings. The van der Waals surface area contributed by atoms with Crippen LogP contribution in [0.5, 0.6) is 0 Å². The van der Waals surface area contributed by atoms with Crippen molar-refractivity contribution in [3.63, 3.8) is 0 Å². The Morgan fingerprint density at radius 2 is 1.67 bits per heavy atom. The van der Waals surface area contributed by atoms with Crippen LogP contribution in [0.4, 0.5) is 26.3 Å². The highest BCUT2D eigenvalue weighted by Gasteiger charge is 2.34. The average molecular weight is 431 g/mol. The smallest absolute Gasteiger partial charge is 0.332 e. The summed E-state index contributed by atoms with van der Waals surface area (Å²) in [5, 5.41) is 0.807. The van der Waals surface area contributed by atoms with E-state index in [4.69, 9.17) is 5.73 Å². The first-order valence-corrected chi connectivity index (χ1v) is 9.09. The molecule has 3 aromatic rings. The second-order valence-corrected chi connectivity index (χ2v) is 7.90. The molecule has 2 N–H and O–H groups in total. The fourth-order valence-corrected chi connectivity index (χ4v) is 3.16. The molecule has 0 aliphatic carbocycles. The molecule has 0 spiro atoms. The highest BCUT2D eigenvalue weighted by atomic mass is 19.4. The zero-order chi connectivity index (χ0) is 22.7. The van der Waals surface area contributed by atoms with Crippen LogP contribution in [0, 0.1) is 11.2 Å². The van der Waals surface area contributed by atoms with Crippen molar-refractivity contribution in [2.24, 2.45) is 11.1 Å². The van der Waals surface area contributed by atoms with Gasteiger partial charge >= 0.3 is 6.18 Å². The maximum absolute atomic E-state index is 13.4. The Hall–Kier alpha value is -2.55.